The molecular weight excluding hydrogens is 182 g/mol. The molecule has 2 N–H and O–H groups in total. The van der Waals surface area contributed by atoms with Crippen molar-refractivity contribution in [1.29, 1.82) is 0 Å². The summed E-state index contributed by atoms with van der Waals surface area (Å²) in [5.41, 5.74) is 6.53. The molecule has 0 saturated heterocycles. The Hall–Kier alpha value is -0.300. The molecule has 1 nitrogen and oxygen atoms in total. The maximum absolute atomic E-state index is 6.07. The van der Waals surface area contributed by atoms with E-state index in [-0.39, 0.29) is 0 Å². The molecule has 1 aliphatic rings. The number of hydrogen-bond donors (Lipinski definition) is 1. The van der Waals surface area contributed by atoms with Crippen LogP contribution < -0.4 is 5.73 Å². The van der Waals surface area contributed by atoms with Gasteiger partial charge in [0, 0.05) is 6.04 Å². The molecular formula is C14H27N. The lowest BCUT2D eigenvalue weighted by molar-refractivity contribution is 0.0817. The largest absolute Gasteiger partial charge is 0.328 e. The van der Waals surface area contributed by atoms with E-state index in [4.69, 9.17) is 5.73 Å². The minimum atomic E-state index is 0.429. The van der Waals surface area contributed by atoms with Gasteiger partial charge in [0.15, 0.2) is 0 Å². The maximum atomic E-state index is 6.07. The van der Waals surface area contributed by atoms with Crippen molar-refractivity contribution in [2.45, 2.75) is 58.9 Å². The van der Waals surface area contributed by atoms with Gasteiger partial charge in [0.1, 0.15) is 0 Å². The highest BCUT2D eigenvalue weighted by atomic mass is 14.6. The Labute approximate surface area is 95.1 Å². The van der Waals surface area contributed by atoms with Crippen LogP contribution in [0.4, 0.5) is 0 Å². The van der Waals surface area contributed by atoms with Crippen molar-refractivity contribution < 1.29 is 0 Å². The molecule has 0 aromatic rings. The van der Waals surface area contributed by atoms with Gasteiger partial charge in [0.05, 0.1) is 0 Å². The summed E-state index contributed by atoms with van der Waals surface area (Å²) in [7, 11) is 0. The Kier molecular flexibility index (Phi) is 4.39. The van der Waals surface area contributed by atoms with Crippen molar-refractivity contribution in [3.05, 3.63) is 12.7 Å². The minimum Gasteiger partial charge on any atom is -0.328 e. The Bertz CT molecular complexity index is 207. The molecule has 1 saturated carbocycles. The smallest absolute Gasteiger partial charge is 0.00417 e. The second-order valence-electron chi connectivity index (χ2n) is 5.81. The van der Waals surface area contributed by atoms with Gasteiger partial charge in [-0.3, -0.25) is 0 Å². The van der Waals surface area contributed by atoms with Crippen molar-refractivity contribution in [2.24, 2.45) is 23.0 Å². The molecule has 0 amide bonds. The van der Waals surface area contributed by atoms with Crippen LogP contribution in [0.1, 0.15) is 52.9 Å². The minimum absolute atomic E-state index is 0.429. The zero-order chi connectivity index (χ0) is 11.5. The number of nitrogens with two attached hydrogens (primary N) is 1. The van der Waals surface area contributed by atoms with Gasteiger partial charge in [-0.25, -0.2) is 0 Å². The number of hydrogen-bond acceptors (Lipinski definition) is 1. The summed E-state index contributed by atoms with van der Waals surface area (Å²) in [4.78, 5) is 0. The third kappa shape index (κ3) is 3.07. The Morgan fingerprint density at radius 2 is 2.07 bits per heavy atom. The molecule has 15 heavy (non-hydrogen) atoms. The highest BCUT2D eigenvalue weighted by molar-refractivity contribution is 4.92. The number of allylic oxidation sites excluding steroid dienone is 1. The first-order valence-electron chi connectivity index (χ1n) is 6.37. The van der Waals surface area contributed by atoms with Crippen LogP contribution >= 0.6 is 0 Å². The Morgan fingerprint density at radius 3 is 2.60 bits per heavy atom. The van der Waals surface area contributed by atoms with Crippen molar-refractivity contribution in [2.75, 3.05) is 0 Å². The Balaban J connectivity index is 2.71. The van der Waals surface area contributed by atoms with E-state index < -0.39 is 0 Å². The fourth-order valence-corrected chi connectivity index (χ4v) is 3.07. The molecule has 1 fully saturated rings. The highest BCUT2D eigenvalue weighted by Gasteiger charge is 2.37. The molecule has 0 spiro atoms. The lowest BCUT2D eigenvalue weighted by Gasteiger charge is -2.43. The molecule has 0 radical (unpaired) electrons. The SMILES string of the molecule is C=CCC1CC(N)CCC1C(C)(C)CC. The summed E-state index contributed by atoms with van der Waals surface area (Å²) in [5.74, 6) is 1.60. The lowest BCUT2D eigenvalue weighted by Crippen LogP contribution is -2.39. The van der Waals surface area contributed by atoms with Crippen LogP contribution in [-0.4, -0.2) is 6.04 Å². The van der Waals surface area contributed by atoms with E-state index in [9.17, 15) is 0 Å². The van der Waals surface area contributed by atoms with E-state index >= 15 is 0 Å². The third-order valence-electron chi connectivity index (χ3n) is 4.41. The second kappa shape index (κ2) is 5.16. The topological polar surface area (TPSA) is 26.0 Å². The number of rotatable bonds is 4. The Morgan fingerprint density at radius 1 is 1.40 bits per heavy atom. The molecule has 1 rings (SSSR count). The predicted molar refractivity (Wildman–Crippen MR) is 67.7 cm³/mol. The van der Waals surface area contributed by atoms with Crippen LogP contribution in [0.25, 0.3) is 0 Å². The summed E-state index contributed by atoms with van der Waals surface area (Å²) < 4.78 is 0. The van der Waals surface area contributed by atoms with Gasteiger partial charge >= 0.3 is 0 Å². The maximum Gasteiger partial charge on any atom is 0.00417 e. The van der Waals surface area contributed by atoms with Crippen LogP contribution in [0.3, 0.4) is 0 Å². The summed E-state index contributed by atoms with van der Waals surface area (Å²) in [6.45, 7) is 11.0. The van der Waals surface area contributed by atoms with E-state index in [1.165, 1.54) is 25.7 Å². The average molecular weight is 209 g/mol. The van der Waals surface area contributed by atoms with Crippen LogP contribution in [0.2, 0.25) is 0 Å². The summed E-state index contributed by atoms with van der Waals surface area (Å²) in [5, 5.41) is 0. The van der Waals surface area contributed by atoms with Gasteiger partial charge in [-0.2, -0.15) is 0 Å². The summed E-state index contributed by atoms with van der Waals surface area (Å²) in [6, 6.07) is 0.429. The first-order valence-corrected chi connectivity index (χ1v) is 6.37. The fraction of sp³-hybridized carbons (Fsp3) is 0.857. The highest BCUT2D eigenvalue weighted by Crippen LogP contribution is 2.44. The van der Waals surface area contributed by atoms with Crippen molar-refractivity contribution in [1.82, 2.24) is 0 Å². The van der Waals surface area contributed by atoms with Crippen LogP contribution in [0.5, 0.6) is 0 Å². The van der Waals surface area contributed by atoms with E-state index in [2.05, 4.69) is 33.4 Å². The quantitative estimate of drug-likeness (QED) is 0.701. The van der Waals surface area contributed by atoms with Gasteiger partial charge in [0.25, 0.3) is 0 Å². The van der Waals surface area contributed by atoms with Gasteiger partial charge in [-0.1, -0.05) is 33.3 Å². The standard InChI is InChI=1S/C14H27N/c1-5-7-11-10-12(15)8-9-13(11)14(3,4)6-2/h5,11-13H,1,6-10,15H2,2-4H3. The molecule has 3 atom stereocenters. The first kappa shape index (κ1) is 12.8. The molecule has 0 aromatic heterocycles. The molecule has 1 aliphatic carbocycles. The monoisotopic (exact) mass is 209 g/mol. The molecule has 0 aliphatic heterocycles. The van der Waals surface area contributed by atoms with Crippen molar-refractivity contribution in [3.8, 4) is 0 Å². The van der Waals surface area contributed by atoms with Crippen LogP contribution in [-0.2, 0) is 0 Å². The average Bonchev–Trinajstić information content (AvgIpc) is 2.18. The molecule has 0 bridgehead atoms. The third-order valence-corrected chi connectivity index (χ3v) is 4.41. The van der Waals surface area contributed by atoms with E-state index in [0.29, 0.717) is 11.5 Å². The predicted octanol–water partition coefficient (Wildman–Crippen LogP) is 3.74. The molecule has 3 unspecified atom stereocenters. The lowest BCUT2D eigenvalue weighted by atomic mass is 9.63. The normalized spacial score (nSPS) is 32.7. The first-order chi connectivity index (χ1) is 7.01. The molecule has 0 heterocycles. The summed E-state index contributed by atoms with van der Waals surface area (Å²) >= 11 is 0. The van der Waals surface area contributed by atoms with Crippen molar-refractivity contribution >= 4 is 0 Å². The van der Waals surface area contributed by atoms with E-state index in [0.717, 1.165) is 18.3 Å². The van der Waals surface area contributed by atoms with Crippen LogP contribution in [0, 0.1) is 17.3 Å². The molecule has 1 heteroatoms. The zero-order valence-electron chi connectivity index (χ0n) is 10.6. The zero-order valence-corrected chi connectivity index (χ0v) is 10.6. The second-order valence-corrected chi connectivity index (χ2v) is 5.81. The van der Waals surface area contributed by atoms with Gasteiger partial charge < -0.3 is 5.73 Å². The van der Waals surface area contributed by atoms with Crippen molar-refractivity contribution in [3.63, 3.8) is 0 Å². The fourth-order valence-electron chi connectivity index (χ4n) is 3.07. The van der Waals surface area contributed by atoms with E-state index in [1.807, 2.05) is 0 Å². The van der Waals surface area contributed by atoms with Gasteiger partial charge in [0.2, 0.25) is 0 Å². The van der Waals surface area contributed by atoms with Gasteiger partial charge in [-0.05, 0) is 42.9 Å². The van der Waals surface area contributed by atoms with Crippen LogP contribution in [0.15, 0.2) is 12.7 Å². The van der Waals surface area contributed by atoms with E-state index in [1.54, 1.807) is 0 Å². The molecule has 88 valence electrons. The summed E-state index contributed by atoms with van der Waals surface area (Å²) in [6.07, 6.45) is 8.19. The van der Waals surface area contributed by atoms with Gasteiger partial charge in [-0.15, -0.1) is 6.58 Å². The molecule has 0 aromatic carbocycles.